The van der Waals surface area contributed by atoms with Crippen molar-refractivity contribution in [3.05, 3.63) is 29.3 Å². The second kappa shape index (κ2) is 7.33. The van der Waals surface area contributed by atoms with Gasteiger partial charge < -0.3 is 10.6 Å². The molecule has 0 aliphatic rings. The third-order valence-electron chi connectivity index (χ3n) is 3.23. The number of nitrogens with one attached hydrogen (secondary N) is 2. The van der Waals surface area contributed by atoms with Crippen molar-refractivity contribution in [1.82, 2.24) is 5.32 Å². The average molecular weight is 302 g/mol. The number of carbonyl (C=O) groups is 1. The van der Waals surface area contributed by atoms with Crippen LogP contribution in [0.25, 0.3) is 0 Å². The number of unbranched alkanes of at least 4 members (excludes halogenated alkanes) is 1. The average Bonchev–Trinajstić information content (AvgIpc) is 2.43. The van der Waals surface area contributed by atoms with Gasteiger partial charge >= 0.3 is 6.18 Å². The third kappa shape index (κ3) is 4.65. The van der Waals surface area contributed by atoms with Gasteiger partial charge in [0.1, 0.15) is 0 Å². The standard InChI is InChI=1S/C15H21F3N2O/c1-4-5-7-10(2)20-14(21)11-8-6-9-12(13(11)19-3)15(16,17)18/h6,8-10,19H,4-5,7H2,1-3H3,(H,20,21). The van der Waals surface area contributed by atoms with E-state index in [0.717, 1.165) is 25.3 Å². The van der Waals surface area contributed by atoms with Crippen LogP contribution in [-0.2, 0) is 6.18 Å². The molecule has 1 unspecified atom stereocenters. The fourth-order valence-electron chi connectivity index (χ4n) is 2.13. The largest absolute Gasteiger partial charge is 0.418 e. The summed E-state index contributed by atoms with van der Waals surface area (Å²) in [5, 5.41) is 5.23. The summed E-state index contributed by atoms with van der Waals surface area (Å²) >= 11 is 0. The van der Waals surface area contributed by atoms with E-state index in [0.29, 0.717) is 0 Å². The van der Waals surface area contributed by atoms with E-state index >= 15 is 0 Å². The van der Waals surface area contributed by atoms with Crippen molar-refractivity contribution in [1.29, 1.82) is 0 Å². The van der Waals surface area contributed by atoms with Crippen molar-refractivity contribution in [2.24, 2.45) is 0 Å². The second-order valence-electron chi connectivity index (χ2n) is 4.99. The molecular formula is C15H21F3N2O. The van der Waals surface area contributed by atoms with Gasteiger partial charge in [0.15, 0.2) is 0 Å². The molecule has 1 aromatic carbocycles. The molecular weight excluding hydrogens is 281 g/mol. The molecule has 0 saturated heterocycles. The fraction of sp³-hybridized carbons (Fsp3) is 0.533. The Kier molecular flexibility index (Phi) is 6.05. The first-order chi connectivity index (χ1) is 9.81. The van der Waals surface area contributed by atoms with Gasteiger partial charge in [-0.2, -0.15) is 13.2 Å². The van der Waals surface area contributed by atoms with E-state index in [2.05, 4.69) is 10.6 Å². The van der Waals surface area contributed by atoms with Crippen LogP contribution in [0.2, 0.25) is 0 Å². The number of halogens is 3. The van der Waals surface area contributed by atoms with E-state index in [-0.39, 0.29) is 17.3 Å². The van der Waals surface area contributed by atoms with E-state index < -0.39 is 17.6 Å². The first-order valence-corrected chi connectivity index (χ1v) is 7.00. The topological polar surface area (TPSA) is 41.1 Å². The van der Waals surface area contributed by atoms with E-state index in [1.165, 1.54) is 19.2 Å². The first kappa shape index (κ1) is 17.3. The van der Waals surface area contributed by atoms with Crippen LogP contribution in [-0.4, -0.2) is 19.0 Å². The molecule has 1 aromatic rings. The van der Waals surface area contributed by atoms with Gasteiger partial charge in [0.05, 0.1) is 16.8 Å². The van der Waals surface area contributed by atoms with Crippen LogP contribution in [0.3, 0.4) is 0 Å². The van der Waals surface area contributed by atoms with Gasteiger partial charge in [0.25, 0.3) is 5.91 Å². The van der Waals surface area contributed by atoms with E-state index in [9.17, 15) is 18.0 Å². The lowest BCUT2D eigenvalue weighted by Crippen LogP contribution is -2.33. The lowest BCUT2D eigenvalue weighted by molar-refractivity contribution is -0.136. The predicted octanol–water partition coefficient (Wildman–Crippen LogP) is 4.06. The minimum atomic E-state index is -4.50. The minimum Gasteiger partial charge on any atom is -0.387 e. The minimum absolute atomic E-state index is 0.00988. The summed E-state index contributed by atoms with van der Waals surface area (Å²) in [5.74, 6) is -0.492. The highest BCUT2D eigenvalue weighted by molar-refractivity contribution is 6.00. The highest BCUT2D eigenvalue weighted by Crippen LogP contribution is 2.36. The summed E-state index contributed by atoms with van der Waals surface area (Å²) < 4.78 is 38.8. The summed E-state index contributed by atoms with van der Waals surface area (Å²) in [5.41, 5.74) is -1.01. The van der Waals surface area contributed by atoms with Crippen LogP contribution in [0.1, 0.15) is 49.0 Å². The Morgan fingerprint density at radius 2 is 2.00 bits per heavy atom. The van der Waals surface area contributed by atoms with Crippen LogP contribution < -0.4 is 10.6 Å². The molecule has 0 radical (unpaired) electrons. The van der Waals surface area contributed by atoms with Gasteiger partial charge in [-0.1, -0.05) is 25.8 Å². The Morgan fingerprint density at radius 3 is 2.52 bits per heavy atom. The molecule has 0 heterocycles. The number of anilines is 1. The lowest BCUT2D eigenvalue weighted by Gasteiger charge is -2.18. The van der Waals surface area contributed by atoms with Crippen LogP contribution in [0.5, 0.6) is 0 Å². The van der Waals surface area contributed by atoms with E-state index in [1.54, 1.807) is 0 Å². The molecule has 0 aliphatic heterocycles. The maximum absolute atomic E-state index is 12.9. The van der Waals surface area contributed by atoms with Crippen LogP contribution in [0.4, 0.5) is 18.9 Å². The second-order valence-corrected chi connectivity index (χ2v) is 4.99. The van der Waals surface area contributed by atoms with Crippen molar-refractivity contribution in [3.8, 4) is 0 Å². The van der Waals surface area contributed by atoms with E-state index in [4.69, 9.17) is 0 Å². The Balaban J connectivity index is 2.99. The highest BCUT2D eigenvalue weighted by atomic mass is 19.4. The molecule has 0 saturated carbocycles. The molecule has 21 heavy (non-hydrogen) atoms. The molecule has 1 rings (SSSR count). The predicted molar refractivity (Wildman–Crippen MR) is 77.4 cm³/mol. The number of alkyl halides is 3. The van der Waals surface area contributed by atoms with Gasteiger partial charge in [0, 0.05) is 13.1 Å². The Hall–Kier alpha value is -1.72. The van der Waals surface area contributed by atoms with Gasteiger partial charge in [-0.15, -0.1) is 0 Å². The molecule has 3 nitrogen and oxygen atoms in total. The molecule has 6 heteroatoms. The lowest BCUT2D eigenvalue weighted by atomic mass is 10.0. The van der Waals surface area contributed by atoms with E-state index in [1.807, 2.05) is 13.8 Å². The normalized spacial score (nSPS) is 12.9. The monoisotopic (exact) mass is 302 g/mol. The number of rotatable bonds is 6. The summed E-state index contributed by atoms with van der Waals surface area (Å²) in [7, 11) is 1.38. The Labute approximate surface area is 122 Å². The van der Waals surface area contributed by atoms with Crippen molar-refractivity contribution < 1.29 is 18.0 Å². The van der Waals surface area contributed by atoms with Crippen molar-refractivity contribution in [3.63, 3.8) is 0 Å². The number of hydrogen-bond donors (Lipinski definition) is 2. The Bertz CT molecular complexity index is 486. The Morgan fingerprint density at radius 1 is 1.33 bits per heavy atom. The number of para-hydroxylation sites is 1. The summed E-state index contributed by atoms with van der Waals surface area (Å²) in [6, 6.07) is 3.53. The van der Waals surface area contributed by atoms with Crippen molar-refractivity contribution in [2.45, 2.75) is 45.3 Å². The molecule has 0 aliphatic carbocycles. The molecule has 0 spiro atoms. The molecule has 1 amide bonds. The SMILES string of the molecule is CCCCC(C)NC(=O)c1cccc(C(F)(F)F)c1NC. The number of carbonyl (C=O) groups excluding carboxylic acids is 1. The number of hydrogen-bond acceptors (Lipinski definition) is 2. The quantitative estimate of drug-likeness (QED) is 0.832. The van der Waals surface area contributed by atoms with Crippen molar-refractivity contribution in [2.75, 3.05) is 12.4 Å². The van der Waals surface area contributed by atoms with Gasteiger partial charge in [0.2, 0.25) is 0 Å². The van der Waals surface area contributed by atoms with Gasteiger partial charge in [-0.3, -0.25) is 4.79 Å². The van der Waals surface area contributed by atoms with Crippen LogP contribution in [0.15, 0.2) is 18.2 Å². The zero-order valence-corrected chi connectivity index (χ0v) is 12.5. The zero-order valence-electron chi connectivity index (χ0n) is 12.5. The number of benzene rings is 1. The fourth-order valence-corrected chi connectivity index (χ4v) is 2.13. The first-order valence-electron chi connectivity index (χ1n) is 7.00. The molecule has 1 atom stereocenters. The van der Waals surface area contributed by atoms with Gasteiger partial charge in [-0.25, -0.2) is 0 Å². The molecule has 0 fully saturated rings. The smallest absolute Gasteiger partial charge is 0.387 e. The summed E-state index contributed by atoms with van der Waals surface area (Å²) in [6.45, 7) is 3.89. The van der Waals surface area contributed by atoms with Gasteiger partial charge in [-0.05, 0) is 25.5 Å². The summed E-state index contributed by atoms with van der Waals surface area (Å²) in [6.07, 6.45) is -1.73. The van der Waals surface area contributed by atoms with Crippen LogP contribution >= 0.6 is 0 Å². The molecule has 0 aromatic heterocycles. The maximum atomic E-state index is 12.9. The maximum Gasteiger partial charge on any atom is 0.418 e. The third-order valence-corrected chi connectivity index (χ3v) is 3.23. The van der Waals surface area contributed by atoms with Crippen LogP contribution in [0, 0.1) is 0 Å². The summed E-state index contributed by atoms with van der Waals surface area (Å²) in [4.78, 5) is 12.2. The number of amides is 1. The molecule has 2 N–H and O–H groups in total. The zero-order chi connectivity index (χ0) is 16.0. The molecule has 0 bridgehead atoms. The highest BCUT2D eigenvalue weighted by Gasteiger charge is 2.35. The van der Waals surface area contributed by atoms with Crippen molar-refractivity contribution >= 4 is 11.6 Å². The molecule has 118 valence electrons.